The van der Waals surface area contributed by atoms with Crippen LogP contribution in [0.5, 0.6) is 0 Å². The second kappa shape index (κ2) is 8.62. The molecule has 0 aromatic heterocycles. The van der Waals surface area contributed by atoms with E-state index in [1.807, 2.05) is 20.8 Å². The molecule has 0 aliphatic heterocycles. The molecule has 0 rings (SSSR count). The Hall–Kier alpha value is -0.770. The lowest BCUT2D eigenvalue weighted by atomic mass is 9.90. The van der Waals surface area contributed by atoms with E-state index < -0.39 is 5.60 Å². The fraction of sp³-hybridized carbons (Fsp3) is 0.941. The van der Waals surface area contributed by atoms with Gasteiger partial charge in [0.25, 0.3) is 0 Å². The largest absolute Gasteiger partial charge is 0.444 e. The maximum atomic E-state index is 11.8. The van der Waals surface area contributed by atoms with E-state index >= 15 is 0 Å². The van der Waals surface area contributed by atoms with Gasteiger partial charge in [0.1, 0.15) is 5.60 Å². The average Bonchev–Trinajstić information content (AvgIpc) is 2.22. The molecule has 0 radical (unpaired) electrons. The highest BCUT2D eigenvalue weighted by Crippen LogP contribution is 2.17. The highest BCUT2D eigenvalue weighted by Gasteiger charge is 2.26. The molecular formula is C17H36N2O2. The third-order valence-electron chi connectivity index (χ3n) is 3.15. The van der Waals surface area contributed by atoms with Crippen molar-refractivity contribution >= 4 is 6.09 Å². The minimum atomic E-state index is -0.455. The first-order valence-corrected chi connectivity index (χ1v) is 8.15. The van der Waals surface area contributed by atoms with E-state index in [4.69, 9.17) is 4.74 Å². The lowest BCUT2D eigenvalue weighted by Crippen LogP contribution is -2.53. The maximum absolute atomic E-state index is 11.8. The second-order valence-corrected chi connectivity index (χ2v) is 8.12. The van der Waals surface area contributed by atoms with Gasteiger partial charge in [-0.05, 0) is 58.9 Å². The molecule has 1 unspecified atom stereocenters. The van der Waals surface area contributed by atoms with Crippen LogP contribution in [0.25, 0.3) is 0 Å². The van der Waals surface area contributed by atoms with Crippen LogP contribution in [0.2, 0.25) is 0 Å². The summed E-state index contributed by atoms with van der Waals surface area (Å²) in [5.74, 6) is 1.25. The number of hydrogen-bond donors (Lipinski definition) is 2. The zero-order chi connectivity index (χ0) is 16.7. The van der Waals surface area contributed by atoms with Gasteiger partial charge in [-0.3, -0.25) is 0 Å². The van der Waals surface area contributed by atoms with E-state index in [9.17, 15) is 4.79 Å². The number of amides is 1. The van der Waals surface area contributed by atoms with Crippen molar-refractivity contribution in [1.82, 2.24) is 10.6 Å². The first kappa shape index (κ1) is 20.2. The molecule has 4 nitrogen and oxygen atoms in total. The normalized spacial score (nSPS) is 15.1. The van der Waals surface area contributed by atoms with Crippen LogP contribution in [0.1, 0.15) is 68.2 Å². The van der Waals surface area contributed by atoms with Crippen molar-refractivity contribution in [3.8, 4) is 0 Å². The topological polar surface area (TPSA) is 50.4 Å². The Balaban J connectivity index is 4.43. The summed E-state index contributed by atoms with van der Waals surface area (Å²) in [6.45, 7) is 18.2. The molecule has 126 valence electrons. The van der Waals surface area contributed by atoms with Crippen molar-refractivity contribution in [2.45, 2.75) is 79.4 Å². The van der Waals surface area contributed by atoms with Crippen LogP contribution in [0.15, 0.2) is 0 Å². The Morgan fingerprint density at radius 3 is 2.05 bits per heavy atom. The van der Waals surface area contributed by atoms with Gasteiger partial charge in [-0.15, -0.1) is 0 Å². The van der Waals surface area contributed by atoms with Crippen LogP contribution < -0.4 is 10.6 Å². The Kier molecular flexibility index (Phi) is 8.30. The van der Waals surface area contributed by atoms with E-state index in [-0.39, 0.29) is 11.6 Å². The number of carbonyl (C=O) groups excluding carboxylic acids is 1. The van der Waals surface area contributed by atoms with Gasteiger partial charge in [0.05, 0.1) is 0 Å². The summed E-state index contributed by atoms with van der Waals surface area (Å²) < 4.78 is 5.30. The van der Waals surface area contributed by atoms with Gasteiger partial charge >= 0.3 is 6.09 Å². The SMILES string of the molecule is CC(C)CCNC(C)(CNC(=O)OC(C)(C)C)CC(C)C. The van der Waals surface area contributed by atoms with Crippen LogP contribution in [-0.4, -0.2) is 30.3 Å². The van der Waals surface area contributed by atoms with Crippen LogP contribution in [-0.2, 0) is 4.74 Å². The first-order chi connectivity index (χ1) is 9.43. The van der Waals surface area contributed by atoms with Gasteiger partial charge in [-0.25, -0.2) is 4.79 Å². The van der Waals surface area contributed by atoms with Gasteiger partial charge in [0.2, 0.25) is 0 Å². The molecule has 2 N–H and O–H groups in total. The molecule has 0 aliphatic rings. The smallest absolute Gasteiger partial charge is 0.407 e. The minimum Gasteiger partial charge on any atom is -0.444 e. The summed E-state index contributed by atoms with van der Waals surface area (Å²) in [5.41, 5.74) is -0.552. The molecule has 0 aromatic carbocycles. The van der Waals surface area contributed by atoms with E-state index in [2.05, 4.69) is 45.3 Å². The van der Waals surface area contributed by atoms with Crippen LogP contribution in [0, 0.1) is 11.8 Å². The fourth-order valence-electron chi connectivity index (χ4n) is 2.35. The van der Waals surface area contributed by atoms with Crippen molar-refractivity contribution < 1.29 is 9.53 Å². The molecule has 0 spiro atoms. The molecular weight excluding hydrogens is 264 g/mol. The average molecular weight is 300 g/mol. The molecule has 0 saturated heterocycles. The van der Waals surface area contributed by atoms with E-state index in [0.29, 0.717) is 18.4 Å². The van der Waals surface area contributed by atoms with Gasteiger partial charge in [0, 0.05) is 12.1 Å². The quantitative estimate of drug-likeness (QED) is 0.713. The van der Waals surface area contributed by atoms with Crippen LogP contribution in [0.3, 0.4) is 0 Å². The molecule has 1 amide bonds. The Labute approximate surface area is 131 Å². The van der Waals surface area contributed by atoms with Crippen molar-refractivity contribution in [2.75, 3.05) is 13.1 Å². The predicted molar refractivity (Wildman–Crippen MR) is 89.6 cm³/mol. The molecule has 0 heterocycles. The molecule has 0 aromatic rings. The number of rotatable bonds is 8. The molecule has 0 fully saturated rings. The van der Waals surface area contributed by atoms with Crippen molar-refractivity contribution in [1.29, 1.82) is 0 Å². The van der Waals surface area contributed by atoms with Crippen molar-refractivity contribution in [2.24, 2.45) is 11.8 Å². The van der Waals surface area contributed by atoms with E-state index in [1.165, 1.54) is 0 Å². The zero-order valence-corrected chi connectivity index (χ0v) is 15.3. The Morgan fingerprint density at radius 1 is 1.05 bits per heavy atom. The van der Waals surface area contributed by atoms with Crippen LogP contribution >= 0.6 is 0 Å². The summed E-state index contributed by atoms with van der Waals surface area (Å²) in [7, 11) is 0. The zero-order valence-electron chi connectivity index (χ0n) is 15.3. The molecule has 0 saturated carbocycles. The standard InChI is InChI=1S/C17H36N2O2/c1-13(2)9-10-19-17(8,11-14(3)4)12-18-15(20)21-16(5,6)7/h13-14,19H,9-12H2,1-8H3,(H,18,20). The van der Waals surface area contributed by atoms with E-state index in [0.717, 1.165) is 19.4 Å². The third-order valence-corrected chi connectivity index (χ3v) is 3.15. The number of hydrogen-bond acceptors (Lipinski definition) is 3. The Morgan fingerprint density at radius 2 is 1.62 bits per heavy atom. The highest BCUT2D eigenvalue weighted by molar-refractivity contribution is 5.67. The Bertz CT molecular complexity index is 308. The summed E-state index contributed by atoms with van der Waals surface area (Å²) in [6.07, 6.45) is 1.81. The molecule has 4 heteroatoms. The summed E-state index contributed by atoms with van der Waals surface area (Å²) >= 11 is 0. The predicted octanol–water partition coefficient (Wildman–Crippen LogP) is 3.95. The first-order valence-electron chi connectivity index (χ1n) is 8.15. The number of alkyl carbamates (subject to hydrolysis) is 1. The number of ether oxygens (including phenoxy) is 1. The summed E-state index contributed by atoms with van der Waals surface area (Å²) in [4.78, 5) is 11.8. The van der Waals surface area contributed by atoms with Gasteiger partial charge in [-0.1, -0.05) is 27.7 Å². The second-order valence-electron chi connectivity index (χ2n) is 8.12. The summed E-state index contributed by atoms with van der Waals surface area (Å²) in [5, 5.41) is 6.51. The monoisotopic (exact) mass is 300 g/mol. The van der Waals surface area contributed by atoms with Gasteiger partial charge in [0.15, 0.2) is 0 Å². The molecule has 0 aliphatic carbocycles. The van der Waals surface area contributed by atoms with Crippen LogP contribution in [0.4, 0.5) is 4.79 Å². The number of carbonyl (C=O) groups is 1. The van der Waals surface area contributed by atoms with Crippen molar-refractivity contribution in [3.05, 3.63) is 0 Å². The highest BCUT2D eigenvalue weighted by atomic mass is 16.6. The lowest BCUT2D eigenvalue weighted by molar-refractivity contribution is 0.0507. The van der Waals surface area contributed by atoms with Gasteiger partial charge in [-0.2, -0.15) is 0 Å². The maximum Gasteiger partial charge on any atom is 0.407 e. The number of nitrogens with one attached hydrogen (secondary N) is 2. The lowest BCUT2D eigenvalue weighted by Gasteiger charge is -2.33. The molecule has 21 heavy (non-hydrogen) atoms. The molecule has 1 atom stereocenters. The third kappa shape index (κ3) is 11.6. The fourth-order valence-corrected chi connectivity index (χ4v) is 2.35. The van der Waals surface area contributed by atoms with Gasteiger partial charge < -0.3 is 15.4 Å². The molecule has 0 bridgehead atoms. The minimum absolute atomic E-state index is 0.0973. The summed E-state index contributed by atoms with van der Waals surface area (Å²) in [6, 6.07) is 0. The van der Waals surface area contributed by atoms with Crippen molar-refractivity contribution in [3.63, 3.8) is 0 Å². The van der Waals surface area contributed by atoms with E-state index in [1.54, 1.807) is 0 Å².